The molecule has 0 aromatic heterocycles. The molecular formula is C16H26N2O. The van der Waals surface area contributed by atoms with Gasteiger partial charge in [-0.25, -0.2) is 0 Å². The van der Waals surface area contributed by atoms with Crippen molar-refractivity contribution in [3.8, 4) is 5.75 Å². The summed E-state index contributed by atoms with van der Waals surface area (Å²) in [4.78, 5) is 2.10. The van der Waals surface area contributed by atoms with Gasteiger partial charge < -0.3 is 15.3 Å². The molecule has 0 atom stereocenters. The number of nitrogens with zero attached hydrogens (tertiary/aromatic N) is 1. The summed E-state index contributed by atoms with van der Waals surface area (Å²) in [5.41, 5.74) is 3.43. The molecule has 106 valence electrons. The highest BCUT2D eigenvalue weighted by atomic mass is 16.3. The maximum Gasteiger partial charge on any atom is 0.122 e. The SMILES string of the molecule is Cc1cc(CC2CCNCC2)cc(CN(C)C)c1O. The van der Waals surface area contributed by atoms with Gasteiger partial charge in [0.05, 0.1) is 0 Å². The molecule has 1 aromatic carbocycles. The Hall–Kier alpha value is -1.06. The Morgan fingerprint density at radius 3 is 2.58 bits per heavy atom. The molecule has 1 aliphatic rings. The van der Waals surface area contributed by atoms with Crippen molar-refractivity contribution in [2.24, 2.45) is 5.92 Å². The number of nitrogens with one attached hydrogen (secondary N) is 1. The van der Waals surface area contributed by atoms with Crippen LogP contribution in [0, 0.1) is 12.8 Å². The lowest BCUT2D eigenvalue weighted by Gasteiger charge is -2.23. The van der Waals surface area contributed by atoms with Gasteiger partial charge in [0.25, 0.3) is 0 Å². The Bertz CT molecular complexity index is 423. The van der Waals surface area contributed by atoms with E-state index < -0.39 is 0 Å². The van der Waals surface area contributed by atoms with Gasteiger partial charge in [-0.05, 0) is 70.4 Å². The summed E-state index contributed by atoms with van der Waals surface area (Å²) in [5.74, 6) is 1.25. The molecule has 0 saturated carbocycles. The lowest BCUT2D eigenvalue weighted by Crippen LogP contribution is -2.28. The largest absolute Gasteiger partial charge is 0.507 e. The zero-order valence-corrected chi connectivity index (χ0v) is 12.4. The fraction of sp³-hybridized carbons (Fsp3) is 0.625. The third-order valence-corrected chi connectivity index (χ3v) is 3.91. The number of phenols is 1. The Kier molecular flexibility index (Phi) is 4.83. The molecule has 2 N–H and O–H groups in total. The van der Waals surface area contributed by atoms with Crippen LogP contribution in [0.2, 0.25) is 0 Å². The summed E-state index contributed by atoms with van der Waals surface area (Å²) in [5, 5.41) is 13.6. The number of hydrogen-bond donors (Lipinski definition) is 2. The summed E-state index contributed by atoms with van der Waals surface area (Å²) in [6, 6.07) is 4.33. The van der Waals surface area contributed by atoms with Gasteiger partial charge in [0.1, 0.15) is 5.75 Å². The van der Waals surface area contributed by atoms with E-state index in [-0.39, 0.29) is 0 Å². The zero-order chi connectivity index (χ0) is 13.8. The molecule has 3 nitrogen and oxygen atoms in total. The minimum absolute atomic E-state index is 0.461. The van der Waals surface area contributed by atoms with Crippen molar-refractivity contribution in [3.63, 3.8) is 0 Å². The second kappa shape index (κ2) is 6.40. The van der Waals surface area contributed by atoms with E-state index in [1.807, 2.05) is 21.0 Å². The van der Waals surface area contributed by atoms with Gasteiger partial charge in [0.15, 0.2) is 0 Å². The average Bonchev–Trinajstić information content (AvgIpc) is 2.36. The molecule has 1 aromatic rings. The standard InChI is InChI=1S/C16H26N2O/c1-12-8-14(9-13-4-6-17-7-5-13)10-15(16(12)19)11-18(2)3/h8,10,13,17,19H,4-7,9,11H2,1-3H3. The van der Waals surface area contributed by atoms with Crippen molar-refractivity contribution in [2.45, 2.75) is 32.7 Å². The van der Waals surface area contributed by atoms with Gasteiger partial charge >= 0.3 is 0 Å². The number of aromatic hydroxyl groups is 1. The molecule has 2 rings (SSSR count). The van der Waals surface area contributed by atoms with Crippen molar-refractivity contribution < 1.29 is 5.11 Å². The van der Waals surface area contributed by atoms with Crippen LogP contribution in [0.1, 0.15) is 29.5 Å². The van der Waals surface area contributed by atoms with Crippen molar-refractivity contribution in [1.29, 1.82) is 0 Å². The predicted molar refractivity (Wildman–Crippen MR) is 79.5 cm³/mol. The molecule has 3 heteroatoms. The van der Waals surface area contributed by atoms with E-state index in [4.69, 9.17) is 0 Å². The number of rotatable bonds is 4. The summed E-state index contributed by atoms with van der Waals surface area (Å²) in [7, 11) is 4.07. The maximum atomic E-state index is 10.1. The molecule has 1 aliphatic heterocycles. The first-order valence-electron chi connectivity index (χ1n) is 7.23. The van der Waals surface area contributed by atoms with E-state index in [0.29, 0.717) is 5.75 Å². The zero-order valence-electron chi connectivity index (χ0n) is 12.4. The molecule has 0 unspecified atom stereocenters. The van der Waals surface area contributed by atoms with Crippen LogP contribution in [0.25, 0.3) is 0 Å². The summed E-state index contributed by atoms with van der Waals surface area (Å²) >= 11 is 0. The third kappa shape index (κ3) is 3.95. The van der Waals surface area contributed by atoms with Gasteiger partial charge in [0.2, 0.25) is 0 Å². The minimum Gasteiger partial charge on any atom is -0.507 e. The van der Waals surface area contributed by atoms with E-state index in [9.17, 15) is 5.11 Å². The topological polar surface area (TPSA) is 35.5 Å². The summed E-state index contributed by atoms with van der Waals surface area (Å²) in [6.45, 7) is 5.09. The van der Waals surface area contributed by atoms with Crippen LogP contribution in [0.3, 0.4) is 0 Å². The minimum atomic E-state index is 0.461. The van der Waals surface area contributed by atoms with Crippen molar-refractivity contribution in [2.75, 3.05) is 27.2 Å². The first-order valence-corrected chi connectivity index (χ1v) is 7.23. The van der Waals surface area contributed by atoms with Gasteiger partial charge in [-0.3, -0.25) is 0 Å². The fourth-order valence-electron chi connectivity index (χ4n) is 2.93. The van der Waals surface area contributed by atoms with Crippen molar-refractivity contribution in [1.82, 2.24) is 10.2 Å². The number of hydrogen-bond acceptors (Lipinski definition) is 3. The van der Waals surface area contributed by atoms with E-state index >= 15 is 0 Å². The Morgan fingerprint density at radius 2 is 1.95 bits per heavy atom. The highest BCUT2D eigenvalue weighted by Crippen LogP contribution is 2.27. The number of piperidine rings is 1. The highest BCUT2D eigenvalue weighted by Gasteiger charge is 2.15. The van der Waals surface area contributed by atoms with Gasteiger partial charge in [0, 0.05) is 12.1 Å². The van der Waals surface area contributed by atoms with Crippen LogP contribution >= 0.6 is 0 Å². The average molecular weight is 262 g/mol. The van der Waals surface area contributed by atoms with Crippen LogP contribution in [-0.4, -0.2) is 37.2 Å². The van der Waals surface area contributed by atoms with E-state index in [1.165, 1.54) is 18.4 Å². The highest BCUT2D eigenvalue weighted by molar-refractivity contribution is 5.43. The van der Waals surface area contributed by atoms with Gasteiger partial charge in [-0.1, -0.05) is 12.1 Å². The summed E-state index contributed by atoms with van der Waals surface area (Å²) < 4.78 is 0. The first-order chi connectivity index (χ1) is 9.06. The predicted octanol–water partition coefficient (Wildman–Crippen LogP) is 2.30. The Labute approximate surface area is 116 Å². The molecule has 1 heterocycles. The molecule has 1 fully saturated rings. The smallest absolute Gasteiger partial charge is 0.122 e. The monoisotopic (exact) mass is 262 g/mol. The molecule has 0 radical (unpaired) electrons. The maximum absolute atomic E-state index is 10.1. The molecule has 0 amide bonds. The second-order valence-electron chi connectivity index (χ2n) is 6.06. The molecule has 0 spiro atoms. The number of phenolic OH excluding ortho intramolecular Hbond substituents is 1. The van der Waals surface area contributed by atoms with Gasteiger partial charge in [-0.2, -0.15) is 0 Å². The first kappa shape index (κ1) is 14.4. The number of aryl methyl sites for hydroxylation is 1. The Morgan fingerprint density at radius 1 is 1.26 bits per heavy atom. The van der Waals surface area contributed by atoms with E-state index in [2.05, 4.69) is 22.3 Å². The van der Waals surface area contributed by atoms with Crippen LogP contribution in [0.15, 0.2) is 12.1 Å². The van der Waals surface area contributed by atoms with Crippen LogP contribution < -0.4 is 5.32 Å². The third-order valence-electron chi connectivity index (χ3n) is 3.91. The van der Waals surface area contributed by atoms with Crippen LogP contribution in [-0.2, 0) is 13.0 Å². The molecule has 19 heavy (non-hydrogen) atoms. The molecule has 0 aliphatic carbocycles. The van der Waals surface area contributed by atoms with Gasteiger partial charge in [-0.15, -0.1) is 0 Å². The fourth-order valence-corrected chi connectivity index (χ4v) is 2.93. The Balaban J connectivity index is 2.13. The molecule has 1 saturated heterocycles. The van der Waals surface area contributed by atoms with E-state index in [1.54, 1.807) is 0 Å². The lowest BCUT2D eigenvalue weighted by molar-refractivity contribution is 0.370. The second-order valence-corrected chi connectivity index (χ2v) is 6.06. The van der Waals surface area contributed by atoms with Crippen molar-refractivity contribution >= 4 is 0 Å². The van der Waals surface area contributed by atoms with Crippen LogP contribution in [0.5, 0.6) is 5.75 Å². The number of benzene rings is 1. The quantitative estimate of drug-likeness (QED) is 0.874. The molecule has 0 bridgehead atoms. The normalized spacial score (nSPS) is 17.1. The summed E-state index contributed by atoms with van der Waals surface area (Å²) in [6.07, 6.45) is 3.68. The van der Waals surface area contributed by atoms with Crippen molar-refractivity contribution in [3.05, 3.63) is 28.8 Å². The van der Waals surface area contributed by atoms with E-state index in [0.717, 1.165) is 43.1 Å². The lowest BCUT2D eigenvalue weighted by atomic mass is 9.89. The van der Waals surface area contributed by atoms with Crippen LogP contribution in [0.4, 0.5) is 0 Å². The molecular weight excluding hydrogens is 236 g/mol.